The van der Waals surface area contributed by atoms with Gasteiger partial charge in [-0.15, -0.1) is 0 Å². The van der Waals surface area contributed by atoms with E-state index in [0.29, 0.717) is 6.04 Å². The fourth-order valence-electron chi connectivity index (χ4n) is 3.24. The van der Waals surface area contributed by atoms with E-state index in [-0.39, 0.29) is 0 Å². The molecule has 2 aliphatic rings. The maximum absolute atomic E-state index is 4.39. The summed E-state index contributed by atoms with van der Waals surface area (Å²) in [5, 5.41) is 3.51. The lowest BCUT2D eigenvalue weighted by atomic mass is 9.97. The minimum absolute atomic E-state index is 0.548. The summed E-state index contributed by atoms with van der Waals surface area (Å²) in [5.74, 6) is 0.726. The molecule has 1 aromatic rings. The lowest BCUT2D eigenvalue weighted by Crippen LogP contribution is -2.29. The third-order valence-corrected chi connectivity index (χ3v) is 4.37. The maximum Gasteiger partial charge on any atom is 0.0951 e. The predicted octanol–water partition coefficient (Wildman–Crippen LogP) is 1.82. The van der Waals surface area contributed by atoms with Gasteiger partial charge in [-0.25, -0.2) is 4.98 Å². The van der Waals surface area contributed by atoms with Gasteiger partial charge in [-0.1, -0.05) is 6.92 Å². The van der Waals surface area contributed by atoms with Crippen LogP contribution < -0.4 is 5.32 Å². The summed E-state index contributed by atoms with van der Waals surface area (Å²) in [6, 6.07) is 1.28. The molecule has 0 aromatic carbocycles. The van der Waals surface area contributed by atoms with Crippen molar-refractivity contribution in [3.63, 3.8) is 0 Å². The Hall–Kier alpha value is -0.870. The molecule has 0 spiro atoms. The molecule has 1 N–H and O–H groups in total. The molecule has 0 radical (unpaired) electrons. The molecule has 4 nitrogen and oxygen atoms in total. The molecular weight excluding hydrogens is 224 g/mol. The first-order valence-corrected chi connectivity index (χ1v) is 7.24. The van der Waals surface area contributed by atoms with Crippen LogP contribution in [0.5, 0.6) is 0 Å². The highest BCUT2D eigenvalue weighted by Gasteiger charge is 2.37. The lowest BCUT2D eigenvalue weighted by Gasteiger charge is -2.26. The quantitative estimate of drug-likeness (QED) is 0.863. The number of aromatic nitrogens is 2. The van der Waals surface area contributed by atoms with Crippen LogP contribution in [0.1, 0.15) is 44.0 Å². The summed E-state index contributed by atoms with van der Waals surface area (Å²) < 4.78 is 2.42. The average molecular weight is 248 g/mol. The summed E-state index contributed by atoms with van der Waals surface area (Å²) in [4.78, 5) is 6.89. The standard InChI is InChI=1S/C14H24N4/c1-3-15-8-11-6-7-17(2)14(11)13-9-16-10-18(13)12-4-5-12/h9-12,14-15H,3-8H2,1-2H3. The molecular formula is C14H24N4. The minimum Gasteiger partial charge on any atom is -0.330 e. The van der Waals surface area contributed by atoms with E-state index >= 15 is 0 Å². The maximum atomic E-state index is 4.39. The van der Waals surface area contributed by atoms with E-state index in [1.54, 1.807) is 0 Å². The molecule has 1 aromatic heterocycles. The van der Waals surface area contributed by atoms with Gasteiger partial charge in [0.15, 0.2) is 0 Å². The molecule has 1 saturated heterocycles. The van der Waals surface area contributed by atoms with Crippen LogP contribution in [0.3, 0.4) is 0 Å². The van der Waals surface area contributed by atoms with Crippen molar-refractivity contribution in [2.45, 2.75) is 38.3 Å². The lowest BCUT2D eigenvalue weighted by molar-refractivity contribution is 0.260. The molecule has 18 heavy (non-hydrogen) atoms. The Bertz CT molecular complexity index is 396. The van der Waals surface area contributed by atoms with Crippen LogP contribution in [0.2, 0.25) is 0 Å². The zero-order valence-electron chi connectivity index (χ0n) is 11.5. The van der Waals surface area contributed by atoms with E-state index in [9.17, 15) is 0 Å². The number of likely N-dealkylation sites (tertiary alicyclic amines) is 1. The highest BCUT2D eigenvalue weighted by atomic mass is 15.2. The molecule has 100 valence electrons. The third kappa shape index (κ3) is 2.19. The molecule has 0 bridgehead atoms. The molecule has 1 saturated carbocycles. The van der Waals surface area contributed by atoms with Crippen molar-refractivity contribution in [2.75, 3.05) is 26.7 Å². The molecule has 2 unspecified atom stereocenters. The van der Waals surface area contributed by atoms with Crippen LogP contribution in [0.4, 0.5) is 0 Å². The molecule has 2 fully saturated rings. The largest absolute Gasteiger partial charge is 0.330 e. The second-order valence-corrected chi connectivity index (χ2v) is 5.74. The van der Waals surface area contributed by atoms with Gasteiger partial charge in [-0.2, -0.15) is 0 Å². The number of hydrogen-bond donors (Lipinski definition) is 1. The predicted molar refractivity (Wildman–Crippen MR) is 72.5 cm³/mol. The first-order chi connectivity index (χ1) is 8.81. The minimum atomic E-state index is 0.548. The van der Waals surface area contributed by atoms with Crippen molar-refractivity contribution in [1.82, 2.24) is 19.8 Å². The Morgan fingerprint density at radius 1 is 1.39 bits per heavy atom. The molecule has 1 aliphatic carbocycles. The summed E-state index contributed by atoms with van der Waals surface area (Å²) in [7, 11) is 2.25. The molecule has 1 aliphatic heterocycles. The molecule has 4 heteroatoms. The van der Waals surface area contributed by atoms with Crippen LogP contribution in [0.25, 0.3) is 0 Å². The van der Waals surface area contributed by atoms with Gasteiger partial charge in [0.05, 0.1) is 18.1 Å². The van der Waals surface area contributed by atoms with E-state index in [4.69, 9.17) is 0 Å². The Labute approximate surface area is 109 Å². The van der Waals surface area contributed by atoms with E-state index in [1.165, 1.54) is 31.5 Å². The van der Waals surface area contributed by atoms with E-state index < -0.39 is 0 Å². The summed E-state index contributed by atoms with van der Waals surface area (Å²) in [6.07, 6.45) is 8.08. The topological polar surface area (TPSA) is 33.1 Å². The second-order valence-electron chi connectivity index (χ2n) is 5.74. The first-order valence-electron chi connectivity index (χ1n) is 7.24. The summed E-state index contributed by atoms with van der Waals surface area (Å²) in [5.41, 5.74) is 1.43. The second kappa shape index (κ2) is 5.02. The van der Waals surface area contributed by atoms with Gasteiger partial charge in [0.2, 0.25) is 0 Å². The van der Waals surface area contributed by atoms with Crippen molar-refractivity contribution in [2.24, 2.45) is 5.92 Å². The van der Waals surface area contributed by atoms with Crippen LogP contribution in [-0.4, -0.2) is 41.1 Å². The van der Waals surface area contributed by atoms with Gasteiger partial charge in [0.25, 0.3) is 0 Å². The number of nitrogens with zero attached hydrogens (tertiary/aromatic N) is 3. The summed E-state index contributed by atoms with van der Waals surface area (Å²) in [6.45, 7) is 5.58. The Morgan fingerprint density at radius 2 is 2.22 bits per heavy atom. The van der Waals surface area contributed by atoms with Gasteiger partial charge in [-0.3, -0.25) is 4.90 Å². The van der Waals surface area contributed by atoms with Crippen molar-refractivity contribution in [3.8, 4) is 0 Å². The van der Waals surface area contributed by atoms with Crippen molar-refractivity contribution >= 4 is 0 Å². The van der Waals surface area contributed by atoms with Crippen LogP contribution in [0.15, 0.2) is 12.5 Å². The molecule has 2 heterocycles. The van der Waals surface area contributed by atoms with Gasteiger partial charge < -0.3 is 9.88 Å². The first kappa shape index (κ1) is 12.2. The van der Waals surface area contributed by atoms with Gasteiger partial charge in [0, 0.05) is 12.2 Å². The van der Waals surface area contributed by atoms with Gasteiger partial charge in [0.1, 0.15) is 0 Å². The van der Waals surface area contributed by atoms with Crippen molar-refractivity contribution < 1.29 is 0 Å². The van der Waals surface area contributed by atoms with E-state index in [1.807, 2.05) is 6.33 Å². The smallest absolute Gasteiger partial charge is 0.0951 e. The third-order valence-electron chi connectivity index (χ3n) is 4.37. The van der Waals surface area contributed by atoms with Crippen molar-refractivity contribution in [1.29, 1.82) is 0 Å². The fourth-order valence-corrected chi connectivity index (χ4v) is 3.24. The zero-order valence-corrected chi connectivity index (χ0v) is 11.5. The Morgan fingerprint density at radius 3 is 2.94 bits per heavy atom. The SMILES string of the molecule is CCNCC1CCN(C)C1c1cncn1C1CC1. The molecule has 3 rings (SSSR count). The average Bonchev–Trinajstić information content (AvgIpc) is 3.00. The Balaban J connectivity index is 1.80. The van der Waals surface area contributed by atoms with Crippen LogP contribution >= 0.6 is 0 Å². The summed E-state index contributed by atoms with van der Waals surface area (Å²) >= 11 is 0. The van der Waals surface area contributed by atoms with E-state index in [0.717, 1.165) is 25.0 Å². The molecule has 2 atom stereocenters. The number of nitrogens with one attached hydrogen (secondary N) is 1. The van der Waals surface area contributed by atoms with Gasteiger partial charge in [-0.05, 0) is 51.9 Å². The monoisotopic (exact) mass is 248 g/mol. The fraction of sp³-hybridized carbons (Fsp3) is 0.786. The highest BCUT2D eigenvalue weighted by molar-refractivity contribution is 5.12. The zero-order chi connectivity index (χ0) is 12.5. The molecule has 0 amide bonds. The van der Waals surface area contributed by atoms with E-state index in [2.05, 4.69) is 39.9 Å². The van der Waals surface area contributed by atoms with Gasteiger partial charge >= 0.3 is 0 Å². The highest BCUT2D eigenvalue weighted by Crippen LogP contribution is 2.41. The van der Waals surface area contributed by atoms with Crippen LogP contribution in [0, 0.1) is 5.92 Å². The number of rotatable bonds is 5. The van der Waals surface area contributed by atoms with Crippen LogP contribution in [-0.2, 0) is 0 Å². The van der Waals surface area contributed by atoms with Crippen molar-refractivity contribution in [3.05, 3.63) is 18.2 Å². The number of imidazole rings is 1. The normalized spacial score (nSPS) is 29.0. The Kier molecular flexibility index (Phi) is 3.39. The number of hydrogen-bond acceptors (Lipinski definition) is 3.